The molecule has 4 heterocycles. The number of hydrogen-bond donors (Lipinski definition) is 4. The summed E-state index contributed by atoms with van der Waals surface area (Å²) >= 11 is 2.22. The van der Waals surface area contributed by atoms with Crippen molar-refractivity contribution in [1.29, 1.82) is 0 Å². The summed E-state index contributed by atoms with van der Waals surface area (Å²) < 4.78 is 8.32. The normalized spacial score (nSPS) is 27.2. The Hall–Kier alpha value is -1.57. The zero-order chi connectivity index (χ0) is 19.0. The number of aliphatic imine (C=N–C) groups is 1. The Balaban J connectivity index is 1.50. The van der Waals surface area contributed by atoms with E-state index in [4.69, 9.17) is 4.74 Å². The van der Waals surface area contributed by atoms with Gasteiger partial charge in [0.15, 0.2) is 6.23 Å². The molecule has 2 aromatic heterocycles. The molecule has 0 aliphatic carbocycles. The van der Waals surface area contributed by atoms with Crippen molar-refractivity contribution in [2.24, 2.45) is 4.99 Å². The van der Waals surface area contributed by atoms with E-state index in [-0.39, 0.29) is 6.61 Å². The van der Waals surface area contributed by atoms with Gasteiger partial charge in [-0.15, -0.1) is 0 Å². The average molecular weight is 485 g/mol. The van der Waals surface area contributed by atoms with Crippen molar-refractivity contribution in [1.82, 2.24) is 20.0 Å². The Bertz CT molecular complexity index is 830. The molecule has 0 saturated carbocycles. The molecule has 2 aliphatic heterocycles. The fourth-order valence-electron chi connectivity index (χ4n) is 3.24. The van der Waals surface area contributed by atoms with Gasteiger partial charge in [-0.1, -0.05) is 6.07 Å². The first kappa shape index (κ1) is 18.8. The minimum atomic E-state index is -1.14. The number of aromatic nitrogens is 2. The van der Waals surface area contributed by atoms with Crippen molar-refractivity contribution in [2.45, 2.75) is 37.6 Å². The van der Waals surface area contributed by atoms with Crippen LogP contribution in [-0.2, 0) is 17.8 Å². The molecule has 2 aromatic rings. The first-order valence-corrected chi connectivity index (χ1v) is 9.62. The Labute approximate surface area is 169 Å². The van der Waals surface area contributed by atoms with Crippen molar-refractivity contribution in [3.05, 3.63) is 45.4 Å². The number of nitrogens with one attached hydrogen (secondary N) is 1. The highest BCUT2D eigenvalue weighted by Crippen LogP contribution is 2.38. The summed E-state index contributed by atoms with van der Waals surface area (Å²) in [5, 5.41) is 31.5. The third-order valence-electron chi connectivity index (χ3n) is 4.68. The molecule has 0 radical (unpaired) electrons. The highest BCUT2D eigenvalue weighted by atomic mass is 127. The van der Waals surface area contributed by atoms with Gasteiger partial charge in [0.05, 0.1) is 25.4 Å². The molecule has 4 rings (SSSR count). The van der Waals surface area contributed by atoms with E-state index in [1.54, 1.807) is 17.1 Å². The number of nitrogens with zero attached hydrogens (tertiary/aromatic N) is 4. The van der Waals surface area contributed by atoms with Crippen LogP contribution in [-0.4, -0.2) is 61.1 Å². The van der Waals surface area contributed by atoms with Crippen LogP contribution in [0.1, 0.15) is 17.5 Å². The van der Waals surface area contributed by atoms with E-state index in [2.05, 4.69) is 38.0 Å². The van der Waals surface area contributed by atoms with Gasteiger partial charge in [0.25, 0.3) is 0 Å². The number of halogens is 1. The number of hydrazine groups is 1. The number of aliphatic hydroxyl groups excluding tert-OH is 3. The predicted octanol–water partition coefficient (Wildman–Crippen LogP) is 0.279. The first-order valence-electron chi connectivity index (χ1n) is 8.54. The maximum absolute atomic E-state index is 10.3. The largest absolute Gasteiger partial charge is 0.394 e. The Morgan fingerprint density at radius 1 is 1.30 bits per heavy atom. The van der Waals surface area contributed by atoms with Gasteiger partial charge in [0.1, 0.15) is 30.5 Å². The van der Waals surface area contributed by atoms with E-state index in [1.165, 1.54) is 0 Å². The SMILES string of the molecule is OC[C@H]1O[C@@H](n2cc(I)c3c2N=CN(NCc2ccccn2)C3)[C@@H](O)[C@H]1O. The van der Waals surface area contributed by atoms with Crippen LogP contribution in [0.5, 0.6) is 0 Å². The molecule has 0 amide bonds. The Kier molecular flexibility index (Phi) is 5.43. The maximum Gasteiger partial charge on any atom is 0.164 e. The summed E-state index contributed by atoms with van der Waals surface area (Å²) in [7, 11) is 0. The first-order chi connectivity index (χ1) is 13.1. The van der Waals surface area contributed by atoms with Gasteiger partial charge >= 0.3 is 0 Å². The van der Waals surface area contributed by atoms with Crippen LogP contribution in [0.15, 0.2) is 35.6 Å². The summed E-state index contributed by atoms with van der Waals surface area (Å²) in [6.45, 7) is 0.809. The Morgan fingerprint density at radius 2 is 2.15 bits per heavy atom. The maximum atomic E-state index is 10.3. The lowest BCUT2D eigenvalue weighted by atomic mass is 10.1. The molecule has 0 aromatic carbocycles. The quantitative estimate of drug-likeness (QED) is 0.450. The molecule has 0 spiro atoms. The molecule has 2 aliphatic rings. The molecule has 0 bridgehead atoms. The second-order valence-corrected chi connectivity index (χ2v) is 7.61. The topological polar surface area (TPSA) is 115 Å². The number of fused-ring (bicyclic) bond motifs is 1. The third-order valence-corrected chi connectivity index (χ3v) is 5.61. The number of aliphatic hydroxyl groups is 3. The number of pyridine rings is 1. The summed E-state index contributed by atoms with van der Waals surface area (Å²) in [4.78, 5) is 8.79. The van der Waals surface area contributed by atoms with Gasteiger partial charge in [-0.05, 0) is 34.7 Å². The minimum Gasteiger partial charge on any atom is -0.394 e. The lowest BCUT2D eigenvalue weighted by Crippen LogP contribution is -2.37. The molecule has 0 unspecified atom stereocenters. The fraction of sp³-hybridized carbons (Fsp3) is 0.412. The van der Waals surface area contributed by atoms with Gasteiger partial charge in [-0.2, -0.15) is 0 Å². The summed E-state index contributed by atoms with van der Waals surface area (Å²) in [5.74, 6) is 0.671. The van der Waals surface area contributed by atoms with Crippen molar-refractivity contribution < 1.29 is 20.1 Å². The molecule has 4 atom stereocenters. The van der Waals surface area contributed by atoms with Gasteiger partial charge in [0.2, 0.25) is 0 Å². The van der Waals surface area contributed by atoms with Gasteiger partial charge in [0, 0.05) is 21.5 Å². The molecule has 9 nitrogen and oxygen atoms in total. The van der Waals surface area contributed by atoms with Crippen molar-refractivity contribution in [3.63, 3.8) is 0 Å². The zero-order valence-electron chi connectivity index (χ0n) is 14.3. The highest BCUT2D eigenvalue weighted by molar-refractivity contribution is 14.1. The smallest absolute Gasteiger partial charge is 0.164 e. The second kappa shape index (κ2) is 7.81. The summed E-state index contributed by atoms with van der Waals surface area (Å²) in [6.07, 6.45) is 1.39. The van der Waals surface area contributed by atoms with Gasteiger partial charge < -0.3 is 24.6 Å². The van der Waals surface area contributed by atoms with E-state index >= 15 is 0 Å². The van der Waals surface area contributed by atoms with Crippen LogP contribution >= 0.6 is 22.6 Å². The van der Waals surface area contributed by atoms with Gasteiger partial charge in [-0.3, -0.25) is 9.99 Å². The van der Waals surface area contributed by atoms with E-state index in [1.807, 2.05) is 29.4 Å². The van der Waals surface area contributed by atoms with E-state index in [9.17, 15) is 15.3 Å². The van der Waals surface area contributed by atoms with Crippen LogP contribution in [0.4, 0.5) is 5.82 Å². The third kappa shape index (κ3) is 3.60. The molecule has 10 heteroatoms. The monoisotopic (exact) mass is 485 g/mol. The van der Waals surface area contributed by atoms with Crippen LogP contribution in [0, 0.1) is 3.57 Å². The molecule has 27 heavy (non-hydrogen) atoms. The zero-order valence-corrected chi connectivity index (χ0v) is 16.5. The summed E-state index contributed by atoms with van der Waals surface area (Å²) in [5.41, 5.74) is 5.19. The van der Waals surface area contributed by atoms with Crippen LogP contribution < -0.4 is 5.43 Å². The highest BCUT2D eigenvalue weighted by Gasteiger charge is 2.44. The van der Waals surface area contributed by atoms with Crippen molar-refractivity contribution >= 4 is 34.7 Å². The van der Waals surface area contributed by atoms with Gasteiger partial charge in [-0.25, -0.2) is 10.4 Å². The molecule has 144 valence electrons. The molecular weight excluding hydrogens is 465 g/mol. The fourth-order valence-corrected chi connectivity index (χ4v) is 3.95. The lowest BCUT2D eigenvalue weighted by Gasteiger charge is -2.25. The second-order valence-electron chi connectivity index (χ2n) is 6.44. The molecule has 4 N–H and O–H groups in total. The Morgan fingerprint density at radius 3 is 2.85 bits per heavy atom. The number of ether oxygens (including phenoxy) is 1. The standard InChI is InChI=1S/C17H20IN5O4/c18-12-7-23(17-15(26)14(25)13(8-24)27-17)16-11(12)6-22(9-20-16)21-5-10-3-1-2-4-19-10/h1-4,7,9,13-15,17,21,24-26H,5-6,8H2/t13-,14+,15+,17-/m1/s1. The van der Waals surface area contributed by atoms with Crippen molar-refractivity contribution in [2.75, 3.05) is 6.61 Å². The number of rotatable bonds is 5. The minimum absolute atomic E-state index is 0.357. The van der Waals surface area contributed by atoms with Crippen LogP contribution in [0.25, 0.3) is 0 Å². The predicted molar refractivity (Wildman–Crippen MR) is 105 cm³/mol. The van der Waals surface area contributed by atoms with E-state index in [0.29, 0.717) is 18.9 Å². The van der Waals surface area contributed by atoms with Crippen LogP contribution in [0.2, 0.25) is 0 Å². The lowest BCUT2D eigenvalue weighted by molar-refractivity contribution is -0.0518. The van der Waals surface area contributed by atoms with Crippen molar-refractivity contribution in [3.8, 4) is 0 Å². The van der Waals surface area contributed by atoms with E-state index < -0.39 is 24.5 Å². The average Bonchev–Trinajstić information content (AvgIpc) is 3.17. The van der Waals surface area contributed by atoms with E-state index in [0.717, 1.165) is 14.8 Å². The van der Waals surface area contributed by atoms with Crippen LogP contribution in [0.3, 0.4) is 0 Å². The molecular formula is C17H20IN5O4. The molecule has 1 fully saturated rings. The summed E-state index contributed by atoms with van der Waals surface area (Å²) in [6, 6.07) is 5.76. The molecule has 1 saturated heterocycles. The number of hydrogen-bond acceptors (Lipinski definition) is 8.